The summed E-state index contributed by atoms with van der Waals surface area (Å²) < 4.78 is 0. The summed E-state index contributed by atoms with van der Waals surface area (Å²) in [7, 11) is 0. The van der Waals surface area contributed by atoms with Crippen LogP contribution in [0.4, 0.5) is 11.4 Å². The molecule has 1 aliphatic rings. The molecule has 0 spiro atoms. The lowest BCUT2D eigenvalue weighted by molar-refractivity contribution is -0.115. The highest BCUT2D eigenvalue weighted by Crippen LogP contribution is 2.29. The van der Waals surface area contributed by atoms with Gasteiger partial charge in [-0.1, -0.05) is 0 Å². The normalized spacial score (nSPS) is 14.2. The Bertz CT molecular complexity index is 577. The van der Waals surface area contributed by atoms with E-state index in [1.165, 1.54) is 6.42 Å². The monoisotopic (exact) mass is 268 g/mol. The lowest BCUT2D eigenvalue weighted by Gasteiger charge is -2.30. The summed E-state index contributed by atoms with van der Waals surface area (Å²) in [4.78, 5) is 13.8. The zero-order chi connectivity index (χ0) is 14.4. The molecule has 0 atom stereocenters. The number of nitriles is 2. The standard InChI is InChI=1S/C15H16N4O/c16-7-6-15(20)18-13-10-12(11-17)4-5-14(13)19-8-2-1-3-9-19/h4-5,10H,1-3,6,8-9H2,(H,18,20). The van der Waals surface area contributed by atoms with E-state index in [1.807, 2.05) is 12.1 Å². The van der Waals surface area contributed by atoms with E-state index in [0.29, 0.717) is 11.3 Å². The molecule has 5 heteroatoms. The van der Waals surface area contributed by atoms with Crippen molar-refractivity contribution in [3.63, 3.8) is 0 Å². The number of hydrogen-bond donors (Lipinski definition) is 1. The second-order valence-corrected chi connectivity index (χ2v) is 4.77. The van der Waals surface area contributed by atoms with Gasteiger partial charge in [0.15, 0.2) is 0 Å². The summed E-state index contributed by atoms with van der Waals surface area (Å²) in [6.45, 7) is 1.90. The lowest BCUT2D eigenvalue weighted by Crippen LogP contribution is -2.30. The average Bonchev–Trinajstić information content (AvgIpc) is 2.48. The van der Waals surface area contributed by atoms with Crippen LogP contribution in [0.2, 0.25) is 0 Å². The predicted octanol–water partition coefficient (Wildman–Crippen LogP) is 2.40. The van der Waals surface area contributed by atoms with Crippen molar-refractivity contribution in [3.05, 3.63) is 23.8 Å². The Morgan fingerprint density at radius 1 is 1.25 bits per heavy atom. The summed E-state index contributed by atoms with van der Waals surface area (Å²) in [5.41, 5.74) is 2.04. The number of piperidine rings is 1. The van der Waals surface area contributed by atoms with Crippen molar-refractivity contribution in [1.82, 2.24) is 0 Å². The number of rotatable bonds is 3. The van der Waals surface area contributed by atoms with Crippen LogP contribution in [0.15, 0.2) is 18.2 Å². The minimum Gasteiger partial charge on any atom is -0.370 e. The maximum absolute atomic E-state index is 11.6. The third-order valence-electron chi connectivity index (χ3n) is 3.34. The molecule has 0 unspecified atom stereocenters. The van der Waals surface area contributed by atoms with Crippen LogP contribution < -0.4 is 10.2 Å². The Labute approximate surface area is 118 Å². The third kappa shape index (κ3) is 3.27. The molecule has 0 aromatic heterocycles. The van der Waals surface area contributed by atoms with Gasteiger partial charge in [0.25, 0.3) is 0 Å². The van der Waals surface area contributed by atoms with Gasteiger partial charge in [-0.15, -0.1) is 0 Å². The van der Waals surface area contributed by atoms with Crippen molar-refractivity contribution in [2.45, 2.75) is 25.7 Å². The fourth-order valence-corrected chi connectivity index (χ4v) is 2.38. The van der Waals surface area contributed by atoms with E-state index in [4.69, 9.17) is 10.5 Å². The number of hydrogen-bond acceptors (Lipinski definition) is 4. The van der Waals surface area contributed by atoms with Gasteiger partial charge in [0.05, 0.1) is 29.1 Å². The first kappa shape index (κ1) is 13.9. The summed E-state index contributed by atoms with van der Waals surface area (Å²) >= 11 is 0. The van der Waals surface area contributed by atoms with Crippen LogP contribution >= 0.6 is 0 Å². The van der Waals surface area contributed by atoms with Crippen LogP contribution in [0.25, 0.3) is 0 Å². The van der Waals surface area contributed by atoms with E-state index in [2.05, 4.69) is 16.3 Å². The Morgan fingerprint density at radius 3 is 2.65 bits per heavy atom. The molecule has 1 aromatic carbocycles. The van der Waals surface area contributed by atoms with E-state index in [9.17, 15) is 4.79 Å². The van der Waals surface area contributed by atoms with Gasteiger partial charge < -0.3 is 10.2 Å². The van der Waals surface area contributed by atoms with Gasteiger partial charge in [-0.25, -0.2) is 0 Å². The molecule has 1 heterocycles. The topological polar surface area (TPSA) is 79.9 Å². The SMILES string of the molecule is N#CCC(=O)Nc1cc(C#N)ccc1N1CCCCC1. The van der Waals surface area contributed by atoms with Gasteiger partial charge in [-0.2, -0.15) is 10.5 Å². The quantitative estimate of drug-likeness (QED) is 0.912. The highest BCUT2D eigenvalue weighted by Gasteiger charge is 2.16. The first-order valence-electron chi connectivity index (χ1n) is 6.70. The van der Waals surface area contributed by atoms with Crippen LogP contribution in [0, 0.1) is 22.7 Å². The lowest BCUT2D eigenvalue weighted by atomic mass is 10.1. The molecule has 5 nitrogen and oxygen atoms in total. The number of benzene rings is 1. The Balaban J connectivity index is 2.28. The number of carbonyl (C=O) groups is 1. The van der Waals surface area contributed by atoms with E-state index in [0.717, 1.165) is 31.6 Å². The van der Waals surface area contributed by atoms with E-state index >= 15 is 0 Å². The largest absolute Gasteiger partial charge is 0.370 e. The van der Waals surface area contributed by atoms with Gasteiger partial charge in [-0.3, -0.25) is 4.79 Å². The molecular weight excluding hydrogens is 252 g/mol. The summed E-state index contributed by atoms with van der Waals surface area (Å²) in [5, 5.41) is 20.3. The van der Waals surface area contributed by atoms with Crippen molar-refractivity contribution in [1.29, 1.82) is 10.5 Å². The van der Waals surface area contributed by atoms with Crippen molar-refractivity contribution in [2.75, 3.05) is 23.3 Å². The van der Waals surface area contributed by atoms with Crippen LogP contribution in [-0.2, 0) is 4.79 Å². The molecular formula is C15H16N4O. The minimum atomic E-state index is -0.346. The van der Waals surface area contributed by atoms with Crippen LogP contribution in [-0.4, -0.2) is 19.0 Å². The van der Waals surface area contributed by atoms with Crippen LogP contribution in [0.3, 0.4) is 0 Å². The van der Waals surface area contributed by atoms with Gasteiger partial charge in [0.1, 0.15) is 6.42 Å². The van der Waals surface area contributed by atoms with E-state index in [1.54, 1.807) is 12.1 Å². The maximum Gasteiger partial charge on any atom is 0.238 e. The van der Waals surface area contributed by atoms with Gasteiger partial charge in [-0.05, 0) is 37.5 Å². The average molecular weight is 268 g/mol. The number of anilines is 2. The smallest absolute Gasteiger partial charge is 0.238 e. The summed E-state index contributed by atoms with van der Waals surface area (Å²) in [6, 6.07) is 9.18. The van der Waals surface area contributed by atoms with Crippen molar-refractivity contribution in [3.8, 4) is 12.1 Å². The van der Waals surface area contributed by atoms with Gasteiger partial charge in [0, 0.05) is 13.1 Å². The number of carbonyl (C=O) groups excluding carboxylic acids is 1. The zero-order valence-corrected chi connectivity index (χ0v) is 11.2. The summed E-state index contributed by atoms with van der Waals surface area (Å²) in [6.07, 6.45) is 3.30. The van der Waals surface area contributed by atoms with Crippen molar-refractivity contribution >= 4 is 17.3 Å². The molecule has 1 aromatic rings. The number of amides is 1. The van der Waals surface area contributed by atoms with Crippen molar-refractivity contribution in [2.24, 2.45) is 0 Å². The van der Waals surface area contributed by atoms with E-state index < -0.39 is 0 Å². The van der Waals surface area contributed by atoms with Gasteiger partial charge >= 0.3 is 0 Å². The number of nitrogens with one attached hydrogen (secondary N) is 1. The number of nitrogens with zero attached hydrogens (tertiary/aromatic N) is 3. The highest BCUT2D eigenvalue weighted by molar-refractivity contribution is 5.95. The van der Waals surface area contributed by atoms with E-state index in [-0.39, 0.29) is 12.3 Å². The molecule has 2 rings (SSSR count). The zero-order valence-electron chi connectivity index (χ0n) is 11.2. The molecule has 0 aliphatic carbocycles. The Hall–Kier alpha value is -2.53. The third-order valence-corrected chi connectivity index (χ3v) is 3.34. The molecule has 0 bridgehead atoms. The molecule has 0 saturated carbocycles. The molecule has 1 aliphatic heterocycles. The second-order valence-electron chi connectivity index (χ2n) is 4.77. The van der Waals surface area contributed by atoms with Crippen LogP contribution in [0.5, 0.6) is 0 Å². The summed E-state index contributed by atoms with van der Waals surface area (Å²) in [5.74, 6) is -0.346. The minimum absolute atomic E-state index is 0.184. The van der Waals surface area contributed by atoms with Gasteiger partial charge in [0.2, 0.25) is 5.91 Å². The Kier molecular flexibility index (Phi) is 4.57. The van der Waals surface area contributed by atoms with Crippen LogP contribution in [0.1, 0.15) is 31.2 Å². The predicted molar refractivity (Wildman–Crippen MR) is 76.1 cm³/mol. The molecule has 0 radical (unpaired) electrons. The Morgan fingerprint density at radius 2 is 2.00 bits per heavy atom. The fraction of sp³-hybridized carbons (Fsp3) is 0.400. The molecule has 20 heavy (non-hydrogen) atoms. The first-order valence-corrected chi connectivity index (χ1v) is 6.70. The molecule has 102 valence electrons. The molecule has 1 saturated heterocycles. The molecule has 1 fully saturated rings. The second kappa shape index (κ2) is 6.58. The fourth-order valence-electron chi connectivity index (χ4n) is 2.38. The highest BCUT2D eigenvalue weighted by atomic mass is 16.1. The van der Waals surface area contributed by atoms with Crippen molar-refractivity contribution < 1.29 is 4.79 Å². The molecule has 1 N–H and O–H groups in total. The maximum atomic E-state index is 11.6. The first-order chi connectivity index (χ1) is 9.74. The molecule has 1 amide bonds.